The summed E-state index contributed by atoms with van der Waals surface area (Å²) in [5.41, 5.74) is 4.05. The Morgan fingerprint density at radius 1 is 1.03 bits per heavy atom. The number of para-hydroxylation sites is 2. The van der Waals surface area contributed by atoms with Crippen LogP contribution in [0.25, 0.3) is 0 Å². The van der Waals surface area contributed by atoms with Gasteiger partial charge < -0.3 is 25.0 Å². The SMILES string of the molecule is COC(=O)C1=C(CN2CCN(c3ccccc3OC)CC2)NC(=O)N[C@H]1c1ccc(C)cc1. The minimum atomic E-state index is -0.559. The maximum absolute atomic E-state index is 12.8. The lowest BCUT2D eigenvalue weighted by Crippen LogP contribution is -2.51. The first-order valence-corrected chi connectivity index (χ1v) is 11.1. The predicted octanol–water partition coefficient (Wildman–Crippen LogP) is 2.61. The quantitative estimate of drug-likeness (QED) is 0.659. The Labute approximate surface area is 194 Å². The first kappa shape index (κ1) is 22.7. The number of aryl methyl sites for hydroxylation is 1. The van der Waals surface area contributed by atoms with E-state index in [2.05, 4.69) is 26.5 Å². The number of nitrogens with zero attached hydrogens (tertiary/aromatic N) is 2. The van der Waals surface area contributed by atoms with Crippen molar-refractivity contribution in [3.8, 4) is 5.75 Å². The van der Waals surface area contributed by atoms with Crippen molar-refractivity contribution in [2.45, 2.75) is 13.0 Å². The number of anilines is 1. The van der Waals surface area contributed by atoms with Crippen LogP contribution >= 0.6 is 0 Å². The number of methoxy groups -OCH3 is 2. The van der Waals surface area contributed by atoms with E-state index in [1.807, 2.05) is 49.4 Å². The number of esters is 1. The van der Waals surface area contributed by atoms with Gasteiger partial charge in [0.1, 0.15) is 5.75 Å². The van der Waals surface area contributed by atoms with Crippen molar-refractivity contribution in [3.63, 3.8) is 0 Å². The van der Waals surface area contributed by atoms with Crippen LogP contribution in [-0.2, 0) is 9.53 Å². The minimum absolute atomic E-state index is 0.323. The number of amides is 2. The summed E-state index contributed by atoms with van der Waals surface area (Å²) in [6, 6.07) is 14.9. The summed E-state index contributed by atoms with van der Waals surface area (Å²) in [4.78, 5) is 29.8. The van der Waals surface area contributed by atoms with Gasteiger partial charge in [0.25, 0.3) is 0 Å². The largest absolute Gasteiger partial charge is 0.495 e. The summed E-state index contributed by atoms with van der Waals surface area (Å²) in [5.74, 6) is 0.406. The van der Waals surface area contributed by atoms with Crippen LogP contribution in [0.5, 0.6) is 5.75 Å². The molecule has 2 amide bonds. The van der Waals surface area contributed by atoms with E-state index >= 15 is 0 Å². The molecule has 8 nitrogen and oxygen atoms in total. The van der Waals surface area contributed by atoms with Crippen molar-refractivity contribution in [2.24, 2.45) is 0 Å². The van der Waals surface area contributed by atoms with Gasteiger partial charge in [0.05, 0.1) is 31.5 Å². The lowest BCUT2D eigenvalue weighted by atomic mass is 9.94. The molecule has 0 radical (unpaired) electrons. The molecule has 0 spiro atoms. The number of carbonyl (C=O) groups is 2. The van der Waals surface area contributed by atoms with Crippen LogP contribution < -0.4 is 20.3 Å². The van der Waals surface area contributed by atoms with Crippen LogP contribution in [0.4, 0.5) is 10.5 Å². The molecule has 1 atom stereocenters. The van der Waals surface area contributed by atoms with Crippen molar-refractivity contribution < 1.29 is 19.1 Å². The topological polar surface area (TPSA) is 83.1 Å². The summed E-state index contributed by atoms with van der Waals surface area (Å²) < 4.78 is 10.6. The van der Waals surface area contributed by atoms with E-state index in [9.17, 15) is 9.59 Å². The number of piperazine rings is 1. The van der Waals surface area contributed by atoms with Crippen molar-refractivity contribution >= 4 is 17.7 Å². The number of carbonyl (C=O) groups excluding carboxylic acids is 2. The second kappa shape index (κ2) is 9.95. The molecule has 1 fully saturated rings. The number of hydrogen-bond donors (Lipinski definition) is 2. The first-order chi connectivity index (χ1) is 16.0. The molecule has 2 heterocycles. The number of urea groups is 1. The minimum Gasteiger partial charge on any atom is -0.495 e. The summed E-state index contributed by atoms with van der Waals surface area (Å²) in [7, 11) is 3.04. The second-order valence-electron chi connectivity index (χ2n) is 8.26. The van der Waals surface area contributed by atoms with Crippen molar-refractivity contribution in [2.75, 3.05) is 51.8 Å². The van der Waals surface area contributed by atoms with E-state index in [4.69, 9.17) is 9.47 Å². The van der Waals surface area contributed by atoms with E-state index in [-0.39, 0.29) is 6.03 Å². The van der Waals surface area contributed by atoms with Gasteiger partial charge in [-0.05, 0) is 24.6 Å². The molecule has 1 saturated heterocycles. The van der Waals surface area contributed by atoms with E-state index < -0.39 is 12.0 Å². The zero-order valence-corrected chi connectivity index (χ0v) is 19.3. The number of rotatable bonds is 6. The van der Waals surface area contributed by atoms with Crippen LogP contribution in [0.2, 0.25) is 0 Å². The highest BCUT2D eigenvalue weighted by Crippen LogP contribution is 2.30. The van der Waals surface area contributed by atoms with Crippen LogP contribution in [0.15, 0.2) is 59.8 Å². The Kier molecular flexibility index (Phi) is 6.84. The lowest BCUT2D eigenvalue weighted by molar-refractivity contribution is -0.136. The Balaban J connectivity index is 1.54. The fourth-order valence-corrected chi connectivity index (χ4v) is 4.36. The molecular formula is C25H30N4O4. The van der Waals surface area contributed by atoms with Gasteiger partial charge in [-0.3, -0.25) is 4.90 Å². The van der Waals surface area contributed by atoms with Gasteiger partial charge in [0.2, 0.25) is 0 Å². The predicted molar refractivity (Wildman–Crippen MR) is 126 cm³/mol. The fraction of sp³-hybridized carbons (Fsp3) is 0.360. The highest BCUT2D eigenvalue weighted by molar-refractivity contribution is 5.95. The summed E-state index contributed by atoms with van der Waals surface area (Å²) >= 11 is 0. The third kappa shape index (κ3) is 4.96. The number of hydrogen-bond acceptors (Lipinski definition) is 6. The molecule has 2 aromatic carbocycles. The smallest absolute Gasteiger partial charge is 0.338 e. The Morgan fingerprint density at radius 3 is 2.39 bits per heavy atom. The van der Waals surface area contributed by atoms with Crippen LogP contribution in [0.1, 0.15) is 17.2 Å². The van der Waals surface area contributed by atoms with Gasteiger partial charge in [-0.1, -0.05) is 42.0 Å². The van der Waals surface area contributed by atoms with E-state index in [0.29, 0.717) is 17.8 Å². The van der Waals surface area contributed by atoms with E-state index in [1.54, 1.807) is 7.11 Å². The molecule has 2 aliphatic heterocycles. The molecule has 174 valence electrons. The molecule has 0 bridgehead atoms. The molecule has 0 aromatic heterocycles. The molecule has 2 N–H and O–H groups in total. The maximum atomic E-state index is 12.8. The average molecular weight is 451 g/mol. The van der Waals surface area contributed by atoms with E-state index in [1.165, 1.54) is 7.11 Å². The van der Waals surface area contributed by atoms with Crippen LogP contribution in [0, 0.1) is 6.92 Å². The molecule has 2 aromatic rings. The molecule has 0 aliphatic carbocycles. The normalized spacial score (nSPS) is 19.1. The highest BCUT2D eigenvalue weighted by Gasteiger charge is 2.34. The van der Waals surface area contributed by atoms with Crippen LogP contribution in [0.3, 0.4) is 0 Å². The average Bonchev–Trinajstić information content (AvgIpc) is 2.84. The number of ether oxygens (including phenoxy) is 2. The summed E-state index contributed by atoms with van der Waals surface area (Å²) in [6.45, 7) is 5.66. The zero-order chi connectivity index (χ0) is 23.4. The van der Waals surface area contributed by atoms with Crippen molar-refractivity contribution in [1.29, 1.82) is 0 Å². The summed E-state index contributed by atoms with van der Waals surface area (Å²) in [5, 5.41) is 5.73. The first-order valence-electron chi connectivity index (χ1n) is 11.1. The van der Waals surface area contributed by atoms with Gasteiger partial charge in [0, 0.05) is 38.4 Å². The van der Waals surface area contributed by atoms with Gasteiger partial charge in [-0.25, -0.2) is 9.59 Å². The number of benzene rings is 2. The van der Waals surface area contributed by atoms with Gasteiger partial charge in [0.15, 0.2) is 0 Å². The monoisotopic (exact) mass is 450 g/mol. The molecule has 4 rings (SSSR count). The Bertz CT molecular complexity index is 1040. The lowest BCUT2D eigenvalue weighted by Gasteiger charge is -2.38. The van der Waals surface area contributed by atoms with Crippen LogP contribution in [-0.4, -0.2) is 63.8 Å². The molecule has 2 aliphatic rings. The molecular weight excluding hydrogens is 420 g/mol. The fourth-order valence-electron chi connectivity index (χ4n) is 4.36. The van der Waals surface area contributed by atoms with Crippen molar-refractivity contribution in [3.05, 3.63) is 70.9 Å². The molecule has 8 heteroatoms. The third-order valence-electron chi connectivity index (χ3n) is 6.15. The van der Waals surface area contributed by atoms with Gasteiger partial charge in [-0.15, -0.1) is 0 Å². The molecule has 0 unspecified atom stereocenters. The van der Waals surface area contributed by atoms with E-state index in [0.717, 1.165) is 48.7 Å². The van der Waals surface area contributed by atoms with Gasteiger partial charge >= 0.3 is 12.0 Å². The van der Waals surface area contributed by atoms with Crippen molar-refractivity contribution in [1.82, 2.24) is 15.5 Å². The standard InChI is InChI=1S/C25H30N4O4/c1-17-8-10-18(11-9-17)23-22(24(30)33-3)19(26-25(31)27-23)16-28-12-14-29(15-13-28)20-6-4-5-7-21(20)32-2/h4-11,23H,12-16H2,1-3H3,(H2,26,27,31)/t23-/m0/s1. The molecule has 0 saturated carbocycles. The van der Waals surface area contributed by atoms with Gasteiger partial charge in [-0.2, -0.15) is 0 Å². The number of nitrogens with one attached hydrogen (secondary N) is 2. The Morgan fingerprint density at radius 2 is 1.73 bits per heavy atom. The molecule has 33 heavy (non-hydrogen) atoms. The Hall–Kier alpha value is -3.52. The summed E-state index contributed by atoms with van der Waals surface area (Å²) in [6.07, 6.45) is 0. The maximum Gasteiger partial charge on any atom is 0.338 e. The zero-order valence-electron chi connectivity index (χ0n) is 19.3. The highest BCUT2D eigenvalue weighted by atomic mass is 16.5. The second-order valence-corrected chi connectivity index (χ2v) is 8.26. The third-order valence-corrected chi connectivity index (χ3v) is 6.15.